The van der Waals surface area contributed by atoms with Gasteiger partial charge in [0.05, 0.1) is 0 Å². The first-order valence-corrected chi connectivity index (χ1v) is 4.09. The quantitative estimate of drug-likeness (QED) is 0.325. The van der Waals surface area contributed by atoms with Crippen molar-refractivity contribution in [3.05, 3.63) is 29.3 Å². The monoisotopic (exact) mass is 193 g/mol. The van der Waals surface area contributed by atoms with Gasteiger partial charge in [0.25, 0.3) is 0 Å². The number of carbonyl (C=O) groups is 1. The van der Waals surface area contributed by atoms with Crippen LogP contribution in [0, 0.1) is 6.92 Å². The molecule has 74 valence electrons. The zero-order valence-corrected chi connectivity index (χ0v) is 7.98. The summed E-state index contributed by atoms with van der Waals surface area (Å²) in [7, 11) is 0. The standard InChI is InChI=1S/C10H11NO3/c1-6-3-4-8(5-9(6)12)10(13)7(2)11-14/h3-5,12,14H,1-2H3/b11-7-. The Labute approximate surface area is 81.5 Å². The zero-order valence-electron chi connectivity index (χ0n) is 7.98. The van der Waals surface area contributed by atoms with Crippen LogP contribution in [0.5, 0.6) is 5.75 Å². The van der Waals surface area contributed by atoms with E-state index in [0.29, 0.717) is 11.1 Å². The molecule has 0 heterocycles. The Kier molecular flexibility index (Phi) is 2.86. The number of rotatable bonds is 2. The van der Waals surface area contributed by atoms with E-state index in [1.54, 1.807) is 19.1 Å². The number of phenolic OH excluding ortho intramolecular Hbond substituents is 1. The van der Waals surface area contributed by atoms with Crippen LogP contribution in [0.15, 0.2) is 23.4 Å². The number of hydrogen-bond acceptors (Lipinski definition) is 4. The van der Waals surface area contributed by atoms with E-state index in [2.05, 4.69) is 5.16 Å². The zero-order chi connectivity index (χ0) is 10.7. The number of phenols is 1. The van der Waals surface area contributed by atoms with Gasteiger partial charge in [0.1, 0.15) is 11.5 Å². The second-order valence-corrected chi connectivity index (χ2v) is 3.02. The SMILES string of the molecule is C/C(=N/O)C(=O)c1ccc(C)c(O)c1. The van der Waals surface area contributed by atoms with Crippen molar-refractivity contribution in [3.63, 3.8) is 0 Å². The van der Waals surface area contributed by atoms with Crippen molar-refractivity contribution in [3.8, 4) is 5.75 Å². The maximum Gasteiger partial charge on any atom is 0.210 e. The summed E-state index contributed by atoms with van der Waals surface area (Å²) in [6.07, 6.45) is 0. The number of ketones is 1. The van der Waals surface area contributed by atoms with Crippen molar-refractivity contribution >= 4 is 11.5 Å². The number of benzene rings is 1. The number of hydrogen-bond donors (Lipinski definition) is 2. The van der Waals surface area contributed by atoms with E-state index in [9.17, 15) is 9.90 Å². The molecule has 0 bridgehead atoms. The predicted octanol–water partition coefficient (Wildman–Crippen LogP) is 1.73. The lowest BCUT2D eigenvalue weighted by molar-refractivity contribution is 0.106. The number of carbonyl (C=O) groups excluding carboxylic acids is 1. The number of oxime groups is 1. The number of Topliss-reactive ketones (excluding diaryl/α,β-unsaturated/α-hetero) is 1. The molecule has 1 aromatic rings. The van der Waals surface area contributed by atoms with Crippen molar-refractivity contribution in [1.82, 2.24) is 0 Å². The van der Waals surface area contributed by atoms with Crippen LogP contribution in [0.4, 0.5) is 0 Å². The fraction of sp³-hybridized carbons (Fsp3) is 0.200. The Bertz CT molecular complexity index is 396. The predicted molar refractivity (Wildman–Crippen MR) is 52.1 cm³/mol. The van der Waals surface area contributed by atoms with Gasteiger partial charge in [0, 0.05) is 5.56 Å². The van der Waals surface area contributed by atoms with E-state index < -0.39 is 5.78 Å². The number of aryl methyl sites for hydroxylation is 1. The first-order valence-electron chi connectivity index (χ1n) is 4.09. The molecule has 0 aliphatic rings. The van der Waals surface area contributed by atoms with Gasteiger partial charge in [0.15, 0.2) is 0 Å². The van der Waals surface area contributed by atoms with Gasteiger partial charge in [-0.05, 0) is 25.5 Å². The van der Waals surface area contributed by atoms with Gasteiger partial charge in [-0.3, -0.25) is 4.79 Å². The molecule has 0 fully saturated rings. The van der Waals surface area contributed by atoms with E-state index in [1.165, 1.54) is 13.0 Å². The first kappa shape index (κ1) is 10.2. The number of aromatic hydroxyl groups is 1. The Morgan fingerprint density at radius 2 is 2.07 bits per heavy atom. The van der Waals surface area contributed by atoms with E-state index in [0.717, 1.165) is 0 Å². The molecule has 0 aliphatic carbocycles. The summed E-state index contributed by atoms with van der Waals surface area (Å²) < 4.78 is 0. The fourth-order valence-corrected chi connectivity index (χ4v) is 1.00. The van der Waals surface area contributed by atoms with E-state index in [-0.39, 0.29) is 11.5 Å². The average molecular weight is 193 g/mol. The molecule has 0 amide bonds. The molecule has 4 heteroatoms. The van der Waals surface area contributed by atoms with Crippen LogP contribution in [0.2, 0.25) is 0 Å². The van der Waals surface area contributed by atoms with Gasteiger partial charge in [-0.25, -0.2) is 0 Å². The molecule has 0 unspecified atom stereocenters. The van der Waals surface area contributed by atoms with Crippen molar-refractivity contribution < 1.29 is 15.1 Å². The van der Waals surface area contributed by atoms with Crippen molar-refractivity contribution in [2.75, 3.05) is 0 Å². The second-order valence-electron chi connectivity index (χ2n) is 3.02. The molecule has 0 radical (unpaired) electrons. The molecule has 1 aromatic carbocycles. The fourth-order valence-electron chi connectivity index (χ4n) is 1.00. The highest BCUT2D eigenvalue weighted by atomic mass is 16.4. The lowest BCUT2D eigenvalue weighted by atomic mass is 10.1. The molecule has 0 saturated heterocycles. The summed E-state index contributed by atoms with van der Waals surface area (Å²) >= 11 is 0. The van der Waals surface area contributed by atoms with Gasteiger partial charge < -0.3 is 10.3 Å². The average Bonchev–Trinajstić information content (AvgIpc) is 2.20. The van der Waals surface area contributed by atoms with Crippen LogP contribution in [0.3, 0.4) is 0 Å². The van der Waals surface area contributed by atoms with E-state index in [4.69, 9.17) is 5.21 Å². The van der Waals surface area contributed by atoms with Gasteiger partial charge in [-0.1, -0.05) is 17.3 Å². The minimum atomic E-state index is -0.400. The van der Waals surface area contributed by atoms with Crippen LogP contribution in [-0.4, -0.2) is 21.8 Å². The molecule has 4 nitrogen and oxygen atoms in total. The molecule has 2 N–H and O–H groups in total. The van der Waals surface area contributed by atoms with E-state index in [1.807, 2.05) is 0 Å². The highest BCUT2D eigenvalue weighted by Crippen LogP contribution is 2.17. The third-order valence-electron chi connectivity index (χ3n) is 1.95. The van der Waals surface area contributed by atoms with Gasteiger partial charge in [0.2, 0.25) is 5.78 Å². The molecule has 0 aromatic heterocycles. The summed E-state index contributed by atoms with van der Waals surface area (Å²) in [5.74, 6) is -0.343. The molecule has 0 spiro atoms. The van der Waals surface area contributed by atoms with Crippen LogP contribution in [-0.2, 0) is 0 Å². The molecule has 1 rings (SSSR count). The third kappa shape index (κ3) is 1.90. The van der Waals surface area contributed by atoms with Crippen LogP contribution in [0.25, 0.3) is 0 Å². The van der Waals surface area contributed by atoms with Crippen molar-refractivity contribution in [1.29, 1.82) is 0 Å². The lowest BCUT2D eigenvalue weighted by Crippen LogP contribution is -2.10. The van der Waals surface area contributed by atoms with Crippen LogP contribution >= 0.6 is 0 Å². The Morgan fingerprint density at radius 1 is 1.43 bits per heavy atom. The van der Waals surface area contributed by atoms with Crippen molar-refractivity contribution in [2.45, 2.75) is 13.8 Å². The topological polar surface area (TPSA) is 69.9 Å². The Morgan fingerprint density at radius 3 is 2.57 bits per heavy atom. The normalized spacial score (nSPS) is 11.4. The molecule has 0 saturated carbocycles. The highest BCUT2D eigenvalue weighted by Gasteiger charge is 2.11. The maximum absolute atomic E-state index is 11.4. The summed E-state index contributed by atoms with van der Waals surface area (Å²) in [5.41, 5.74) is 0.997. The first-order chi connectivity index (χ1) is 6.56. The maximum atomic E-state index is 11.4. The minimum Gasteiger partial charge on any atom is -0.508 e. The van der Waals surface area contributed by atoms with Gasteiger partial charge >= 0.3 is 0 Å². The Hall–Kier alpha value is -1.84. The molecule has 0 atom stereocenters. The summed E-state index contributed by atoms with van der Waals surface area (Å²) in [6.45, 7) is 3.13. The van der Waals surface area contributed by atoms with Gasteiger partial charge in [-0.15, -0.1) is 0 Å². The largest absolute Gasteiger partial charge is 0.508 e. The van der Waals surface area contributed by atoms with Crippen LogP contribution < -0.4 is 0 Å². The molecular weight excluding hydrogens is 182 g/mol. The summed E-state index contributed by atoms with van der Waals surface area (Å²) in [4.78, 5) is 11.4. The minimum absolute atomic E-state index is 0.00625. The summed E-state index contributed by atoms with van der Waals surface area (Å²) in [6, 6.07) is 4.56. The van der Waals surface area contributed by atoms with Crippen LogP contribution in [0.1, 0.15) is 22.8 Å². The smallest absolute Gasteiger partial charge is 0.210 e. The van der Waals surface area contributed by atoms with Crippen molar-refractivity contribution in [2.24, 2.45) is 5.16 Å². The Balaban J connectivity index is 3.09. The second kappa shape index (κ2) is 3.91. The summed E-state index contributed by atoms with van der Waals surface area (Å²) in [5, 5.41) is 20.5. The lowest BCUT2D eigenvalue weighted by Gasteiger charge is -2.02. The molecule has 0 aliphatic heterocycles. The highest BCUT2D eigenvalue weighted by molar-refractivity contribution is 6.45. The van der Waals surface area contributed by atoms with Gasteiger partial charge in [-0.2, -0.15) is 0 Å². The number of nitrogens with zero attached hydrogens (tertiary/aromatic N) is 1. The molecule has 14 heavy (non-hydrogen) atoms. The molecular formula is C10H11NO3. The van der Waals surface area contributed by atoms with E-state index >= 15 is 0 Å². The third-order valence-corrected chi connectivity index (χ3v) is 1.95.